The van der Waals surface area contributed by atoms with Crippen molar-refractivity contribution in [3.63, 3.8) is 0 Å². The summed E-state index contributed by atoms with van der Waals surface area (Å²) in [5.74, 6) is -17.9. The Kier molecular flexibility index (Phi) is 47.6. The number of benzene rings is 1. The number of cyclic esters (lactones) is 1. The highest BCUT2D eigenvalue weighted by Gasteiger charge is 2.49. The number of phenols is 1. The van der Waals surface area contributed by atoms with Crippen molar-refractivity contribution in [3.05, 3.63) is 29.8 Å². The van der Waals surface area contributed by atoms with Gasteiger partial charge >= 0.3 is 5.97 Å². The number of nitrogens with zero attached hydrogens (tertiary/aromatic N) is 3. The average Bonchev–Trinajstić information content (AvgIpc) is 1.64. The number of hydrogen-bond donors (Lipinski definition) is 23. The Bertz CT molecular complexity index is 3620. The number of amides is 14. The maximum absolute atomic E-state index is 15.1. The summed E-state index contributed by atoms with van der Waals surface area (Å²) in [6, 6.07) is -15.6. The van der Waals surface area contributed by atoms with Gasteiger partial charge in [0, 0.05) is 39.0 Å². The summed E-state index contributed by atoms with van der Waals surface area (Å²) in [5, 5.41) is 116. The fraction of sp³-hybridized carbons (Fsp3) is 0.744. The maximum atomic E-state index is 15.1. The predicted molar refractivity (Wildman–Crippen MR) is 450 cm³/mol. The van der Waals surface area contributed by atoms with Gasteiger partial charge < -0.3 is 142 Å². The highest BCUT2D eigenvalue weighted by molar-refractivity contribution is 6.00. The van der Waals surface area contributed by atoms with Gasteiger partial charge in [-0.2, -0.15) is 0 Å². The molecule has 1 aromatic rings. The van der Waals surface area contributed by atoms with E-state index in [0.29, 0.717) is 62.1 Å². The van der Waals surface area contributed by atoms with E-state index in [1.54, 1.807) is 0 Å². The summed E-state index contributed by atoms with van der Waals surface area (Å²) in [7, 11) is 0. The third kappa shape index (κ3) is 35.6. The van der Waals surface area contributed by atoms with Crippen LogP contribution in [0.1, 0.15) is 202 Å². The molecule has 3 aliphatic heterocycles. The third-order valence-electron chi connectivity index (χ3n) is 21.9. The lowest BCUT2D eigenvalue weighted by Gasteiger charge is -2.34. The van der Waals surface area contributed by atoms with Crippen LogP contribution in [-0.2, 0) is 83.1 Å². The van der Waals surface area contributed by atoms with Crippen LogP contribution in [-0.4, -0.2) is 324 Å². The lowest BCUT2D eigenvalue weighted by Crippen LogP contribution is -2.64. The molecule has 0 aliphatic carbocycles. The molecular formula is C82H140N18O24. The Labute approximate surface area is 724 Å². The van der Waals surface area contributed by atoms with E-state index in [0.717, 1.165) is 90.4 Å². The van der Waals surface area contributed by atoms with E-state index < -0.39 is 249 Å². The smallest absolute Gasteiger partial charge is 0.328 e. The highest BCUT2D eigenvalue weighted by atomic mass is 16.5. The molecule has 42 nitrogen and oxygen atoms in total. The van der Waals surface area contributed by atoms with Gasteiger partial charge in [-0.15, -0.1) is 0 Å². The molecule has 3 heterocycles. The van der Waals surface area contributed by atoms with Crippen LogP contribution >= 0.6 is 0 Å². The zero-order valence-corrected chi connectivity index (χ0v) is 72.8. The number of nitrogens with two attached hydrogens (primary N) is 4. The summed E-state index contributed by atoms with van der Waals surface area (Å²) in [4.78, 5) is 218. The Hall–Kier alpha value is -9.37. The summed E-state index contributed by atoms with van der Waals surface area (Å²) in [6.45, 7) is 9.84. The monoisotopic (exact) mass is 1760 g/mol. The Morgan fingerprint density at radius 1 is 0.548 bits per heavy atom. The minimum atomic E-state index is -2.26. The largest absolute Gasteiger partial charge is 0.508 e. The van der Waals surface area contributed by atoms with Crippen LogP contribution in [0.5, 0.6) is 5.75 Å². The number of fused-ring (bicyclic) bond motifs is 2. The number of carbonyl (C=O) groups is 15. The first-order valence-corrected chi connectivity index (χ1v) is 43.5. The molecule has 3 saturated heterocycles. The molecule has 702 valence electrons. The molecule has 0 spiro atoms. The van der Waals surface area contributed by atoms with Crippen LogP contribution in [0.4, 0.5) is 0 Å². The van der Waals surface area contributed by atoms with Crippen molar-refractivity contribution in [2.24, 2.45) is 28.9 Å². The number of carbonyl (C=O) groups excluding carboxylic acids is 15. The first-order chi connectivity index (χ1) is 58.7. The number of esters is 1. The van der Waals surface area contributed by atoms with Gasteiger partial charge in [0.05, 0.1) is 68.2 Å². The second-order valence-corrected chi connectivity index (χ2v) is 32.9. The molecule has 27 N–H and O–H groups in total. The molecule has 0 radical (unpaired) electrons. The Balaban J connectivity index is 1.90. The summed E-state index contributed by atoms with van der Waals surface area (Å²) < 4.78 is 6.17. The van der Waals surface area contributed by atoms with Gasteiger partial charge in [-0.1, -0.05) is 97.1 Å². The van der Waals surface area contributed by atoms with Crippen LogP contribution < -0.4 is 81.4 Å². The quantitative estimate of drug-likeness (QED) is 0.0218. The lowest BCUT2D eigenvalue weighted by atomic mass is 9.99. The van der Waals surface area contributed by atoms with Crippen LogP contribution in [0, 0.1) is 5.92 Å². The van der Waals surface area contributed by atoms with Crippen molar-refractivity contribution >= 4 is 88.7 Å². The van der Waals surface area contributed by atoms with Crippen molar-refractivity contribution in [3.8, 4) is 5.75 Å². The standard InChI is InChI=1S/C82H140N18O24/c1-9-10-11-12-13-14-15-16-17-18-19-24-54-41-62(110)92-65(47(5)101)75(116)89-46(4)71(112)91-57(39-51-27-29-52(105)30-28-51)72(113)94-64(45(2)3)80(121)100-44-53(106)40-58(100)73(114)95-67(49(7)103)77(118)96-68(50(8)104)81(122)99-38-31-59(107)70(99)78(119)97-69(60(108)42-61(86)109)74(115)88-43-63(111)93-66(48(6)102)76(117)90-56(82(123)124-54)26-21-36-98(37-23-34-85)79(120)55(25-20-32-83)87-35-22-33-84/h27-30,45-50,53-60,64-70,87,101-108H,9-26,31-44,83-85H2,1-8H3,(H2,86,109)(H,88,115)(H,89,116)(H,90,117)(H,91,112)(H,92,110)(H,93,111)(H,94,113)(H,95,114)(H,96,118)(H,97,119)/t46-,47?,48+,49+,50-,53+,54?,55?,56-,57-,58-,59-,60?,64?,65+,66+,67+,68?,69?,70?/m0/s1. The van der Waals surface area contributed by atoms with Crippen molar-refractivity contribution in [1.82, 2.24) is 73.2 Å². The molecule has 0 bridgehead atoms. The van der Waals surface area contributed by atoms with Crippen molar-refractivity contribution in [1.29, 1.82) is 0 Å². The Morgan fingerprint density at radius 3 is 1.64 bits per heavy atom. The fourth-order valence-electron chi connectivity index (χ4n) is 14.8. The molecule has 8 unspecified atom stereocenters. The van der Waals surface area contributed by atoms with Crippen molar-refractivity contribution in [2.45, 2.75) is 324 Å². The second-order valence-electron chi connectivity index (χ2n) is 32.9. The number of unbranched alkanes of at least 4 members (excludes halogenated alkanes) is 10. The van der Waals surface area contributed by atoms with Gasteiger partial charge in [-0.3, -0.25) is 67.1 Å². The number of aliphatic hydroxyl groups is 7. The summed E-state index contributed by atoms with van der Waals surface area (Å²) in [5.41, 5.74) is 23.4. The van der Waals surface area contributed by atoms with Gasteiger partial charge in [0.25, 0.3) is 0 Å². The van der Waals surface area contributed by atoms with E-state index >= 15 is 4.79 Å². The molecule has 4 rings (SSSR count). The molecule has 0 saturated carbocycles. The van der Waals surface area contributed by atoms with E-state index in [1.165, 1.54) is 49.9 Å². The maximum Gasteiger partial charge on any atom is 0.328 e. The highest BCUT2D eigenvalue weighted by Crippen LogP contribution is 2.26. The number of rotatable bonds is 37. The lowest BCUT2D eigenvalue weighted by molar-refractivity contribution is -0.155. The van der Waals surface area contributed by atoms with E-state index in [9.17, 15) is 108 Å². The van der Waals surface area contributed by atoms with E-state index in [4.69, 9.17) is 27.7 Å². The molecule has 3 aliphatic rings. The molecule has 3 fully saturated rings. The molecule has 0 aromatic heterocycles. The van der Waals surface area contributed by atoms with Gasteiger partial charge in [0.2, 0.25) is 82.7 Å². The minimum absolute atomic E-state index is 0.00558. The van der Waals surface area contributed by atoms with Gasteiger partial charge in [-0.25, -0.2) is 4.79 Å². The molecule has 42 heteroatoms. The van der Waals surface area contributed by atoms with Crippen LogP contribution in [0.25, 0.3) is 0 Å². The van der Waals surface area contributed by atoms with E-state index in [1.807, 2.05) is 0 Å². The van der Waals surface area contributed by atoms with Crippen LogP contribution in [0.15, 0.2) is 24.3 Å². The van der Waals surface area contributed by atoms with Gasteiger partial charge in [-0.05, 0) is 142 Å². The van der Waals surface area contributed by atoms with Gasteiger partial charge in [0.1, 0.15) is 78.3 Å². The fourth-order valence-corrected chi connectivity index (χ4v) is 14.8. The van der Waals surface area contributed by atoms with Crippen LogP contribution in [0.2, 0.25) is 0 Å². The Morgan fingerprint density at radius 2 is 1.06 bits per heavy atom. The average molecular weight is 1760 g/mol. The van der Waals surface area contributed by atoms with Crippen LogP contribution in [0.3, 0.4) is 0 Å². The topological polar surface area (TPSA) is 673 Å². The molecule has 1 aromatic carbocycles. The predicted octanol–water partition coefficient (Wildman–Crippen LogP) is -6.21. The minimum Gasteiger partial charge on any atom is -0.508 e. The molecule has 14 amide bonds. The summed E-state index contributed by atoms with van der Waals surface area (Å²) in [6.07, 6.45) is -5.48. The third-order valence-corrected chi connectivity index (χ3v) is 21.9. The number of nitrogens with one attached hydrogen (secondary N) is 11. The molecule has 124 heavy (non-hydrogen) atoms. The number of ether oxygens (including phenoxy) is 1. The second kappa shape index (κ2) is 55.2. The molecular weight excluding hydrogens is 1620 g/mol. The molecule has 20 atom stereocenters. The number of phenolic OH excluding ortho intramolecular Hbond substituents is 1. The first kappa shape index (κ1) is 107. The zero-order valence-electron chi connectivity index (χ0n) is 72.8. The zero-order chi connectivity index (χ0) is 92.6. The number of hydrogen-bond acceptors (Lipinski definition) is 28. The summed E-state index contributed by atoms with van der Waals surface area (Å²) >= 11 is 0. The van der Waals surface area contributed by atoms with Crippen molar-refractivity contribution in [2.75, 3.05) is 58.9 Å². The first-order valence-electron chi connectivity index (χ1n) is 43.5. The van der Waals surface area contributed by atoms with Crippen molar-refractivity contribution < 1.29 is 118 Å². The number of primary amides is 1. The van der Waals surface area contributed by atoms with E-state index in [-0.39, 0.29) is 69.9 Å². The normalized spacial score (nSPS) is 26.3. The number of aliphatic hydroxyl groups excluding tert-OH is 7. The van der Waals surface area contributed by atoms with Gasteiger partial charge in [0.15, 0.2) is 0 Å². The number of aromatic hydroxyl groups is 1. The SMILES string of the molecule is CCCCCCCCCCCCCC1CC(=O)N[C@H](C(C)O)C(=O)N[C@@H](C)C(=O)N[C@@H](Cc2ccc(O)cc2)C(=O)NC(C(C)C)C(=O)N2C[C@H](O)C[C@H]2C(=O)N[C@H]([C@@H](C)O)C(=O)NC([C@H](C)O)C(=O)N2CC[C@H](O)C2C(=O)NC(C(O)CC(N)=O)C(=O)NCC(=O)N[C@H]([C@@H](C)O)C(=O)N[C@@H](CCCN(CCCN)C(=O)C(CCCN)NCCCN)C(=O)O1. The van der Waals surface area contributed by atoms with E-state index in [2.05, 4.69) is 65.4 Å².